The summed E-state index contributed by atoms with van der Waals surface area (Å²) in [5.41, 5.74) is 0.889. The average Bonchev–Trinajstić information content (AvgIpc) is 2.60. The number of aromatic amines is 1. The lowest BCUT2D eigenvalue weighted by molar-refractivity contribution is 0.264. The molecule has 1 aromatic heterocycles. The van der Waals surface area contributed by atoms with Crippen LogP contribution in [0.25, 0.3) is 0 Å². The maximum Gasteiger partial charge on any atom is 0.328 e. The molecule has 0 radical (unpaired) electrons. The summed E-state index contributed by atoms with van der Waals surface area (Å²) < 4.78 is 7.51. The van der Waals surface area contributed by atoms with Gasteiger partial charge in [-0.2, -0.15) is 0 Å². The van der Waals surface area contributed by atoms with Gasteiger partial charge in [0, 0.05) is 28.9 Å². The Balaban J connectivity index is 1.76. The van der Waals surface area contributed by atoms with Crippen molar-refractivity contribution in [3.8, 4) is 5.75 Å². The van der Waals surface area contributed by atoms with Crippen LogP contribution in [0.5, 0.6) is 5.75 Å². The van der Waals surface area contributed by atoms with Crippen LogP contribution in [0.4, 0.5) is 0 Å². The number of ether oxygens (including phenoxy) is 1. The predicted octanol–water partition coefficient (Wildman–Crippen LogP) is 2.46. The standard InChI is InChI=1S/C19H24ClN3O3/c1-13-10-15(20)11-14(12-23-8-5-17(24)22-19(23)25)18(13)26-9-6-16-4-2-3-7-21-16/h5,8,10-11,16,21H,2-4,6-7,9,12H2,1H3,(H,22,24,25). The molecular weight excluding hydrogens is 354 g/mol. The Bertz CT molecular complexity index is 869. The molecule has 26 heavy (non-hydrogen) atoms. The summed E-state index contributed by atoms with van der Waals surface area (Å²) in [7, 11) is 0. The van der Waals surface area contributed by atoms with Crippen molar-refractivity contribution in [1.29, 1.82) is 0 Å². The molecule has 1 aromatic carbocycles. The Kier molecular flexibility index (Phi) is 6.16. The first-order chi connectivity index (χ1) is 12.5. The van der Waals surface area contributed by atoms with Crippen LogP contribution < -0.4 is 21.3 Å². The summed E-state index contributed by atoms with van der Waals surface area (Å²) in [4.78, 5) is 25.5. The van der Waals surface area contributed by atoms with E-state index in [9.17, 15) is 9.59 Å². The Morgan fingerprint density at radius 2 is 2.15 bits per heavy atom. The molecule has 2 aromatic rings. The van der Waals surface area contributed by atoms with Crippen molar-refractivity contribution in [2.45, 2.75) is 45.2 Å². The van der Waals surface area contributed by atoms with Crippen LogP contribution in [0, 0.1) is 6.92 Å². The number of aryl methyl sites for hydroxylation is 1. The van der Waals surface area contributed by atoms with E-state index < -0.39 is 11.2 Å². The Labute approximate surface area is 157 Å². The highest BCUT2D eigenvalue weighted by Crippen LogP contribution is 2.28. The molecule has 1 aliphatic rings. The van der Waals surface area contributed by atoms with Crippen molar-refractivity contribution >= 4 is 11.6 Å². The van der Waals surface area contributed by atoms with Crippen LogP contribution in [0.15, 0.2) is 34.0 Å². The van der Waals surface area contributed by atoms with Crippen molar-refractivity contribution in [1.82, 2.24) is 14.9 Å². The second-order valence-electron chi connectivity index (χ2n) is 6.73. The Morgan fingerprint density at radius 3 is 2.88 bits per heavy atom. The van der Waals surface area contributed by atoms with E-state index in [0.717, 1.165) is 29.8 Å². The lowest BCUT2D eigenvalue weighted by Gasteiger charge is -2.24. The number of halogens is 1. The van der Waals surface area contributed by atoms with E-state index in [-0.39, 0.29) is 6.54 Å². The largest absolute Gasteiger partial charge is 0.493 e. The van der Waals surface area contributed by atoms with Crippen LogP contribution in [0.3, 0.4) is 0 Å². The van der Waals surface area contributed by atoms with E-state index in [1.165, 1.54) is 36.1 Å². The normalized spacial score (nSPS) is 17.2. The van der Waals surface area contributed by atoms with Crippen molar-refractivity contribution in [3.63, 3.8) is 0 Å². The molecule has 1 fully saturated rings. The highest BCUT2D eigenvalue weighted by atomic mass is 35.5. The first-order valence-corrected chi connectivity index (χ1v) is 9.36. The third kappa shape index (κ3) is 4.77. The van der Waals surface area contributed by atoms with Crippen molar-refractivity contribution in [3.05, 3.63) is 61.4 Å². The van der Waals surface area contributed by atoms with Crippen LogP contribution >= 0.6 is 11.6 Å². The molecule has 2 heterocycles. The van der Waals surface area contributed by atoms with Gasteiger partial charge in [-0.1, -0.05) is 18.0 Å². The fraction of sp³-hybridized carbons (Fsp3) is 0.474. The molecule has 1 unspecified atom stereocenters. The molecule has 1 atom stereocenters. The van der Waals surface area contributed by atoms with Gasteiger partial charge in [-0.25, -0.2) is 4.79 Å². The van der Waals surface area contributed by atoms with Crippen LogP contribution in [0.2, 0.25) is 5.02 Å². The number of hydrogen-bond donors (Lipinski definition) is 2. The minimum absolute atomic E-state index is 0.286. The predicted molar refractivity (Wildman–Crippen MR) is 102 cm³/mol. The quantitative estimate of drug-likeness (QED) is 0.810. The topological polar surface area (TPSA) is 76.1 Å². The Hall–Kier alpha value is -2.05. The van der Waals surface area contributed by atoms with Crippen molar-refractivity contribution in [2.24, 2.45) is 0 Å². The molecule has 6 nitrogen and oxygen atoms in total. The second-order valence-corrected chi connectivity index (χ2v) is 7.17. The minimum Gasteiger partial charge on any atom is -0.493 e. The fourth-order valence-corrected chi connectivity index (χ4v) is 3.64. The van der Waals surface area contributed by atoms with Gasteiger partial charge in [-0.15, -0.1) is 0 Å². The highest BCUT2D eigenvalue weighted by Gasteiger charge is 2.15. The highest BCUT2D eigenvalue weighted by molar-refractivity contribution is 6.30. The number of nitrogens with one attached hydrogen (secondary N) is 2. The molecule has 0 bridgehead atoms. The molecule has 140 valence electrons. The van der Waals surface area contributed by atoms with Gasteiger partial charge < -0.3 is 10.1 Å². The molecule has 0 aliphatic carbocycles. The molecule has 2 N–H and O–H groups in total. The number of benzene rings is 1. The first-order valence-electron chi connectivity index (χ1n) is 8.98. The number of rotatable bonds is 6. The molecule has 1 saturated heterocycles. The summed E-state index contributed by atoms with van der Waals surface area (Å²) in [5.74, 6) is 0.753. The lowest BCUT2D eigenvalue weighted by Crippen LogP contribution is -2.35. The van der Waals surface area contributed by atoms with Gasteiger partial charge >= 0.3 is 5.69 Å². The zero-order valence-electron chi connectivity index (χ0n) is 14.9. The van der Waals surface area contributed by atoms with Gasteiger partial charge in [-0.05, 0) is 50.4 Å². The fourth-order valence-electron chi connectivity index (χ4n) is 3.35. The molecule has 0 saturated carbocycles. The summed E-state index contributed by atoms with van der Waals surface area (Å²) in [5, 5.41) is 4.11. The van der Waals surface area contributed by atoms with Crippen LogP contribution in [-0.2, 0) is 6.54 Å². The van der Waals surface area contributed by atoms with Crippen LogP contribution in [-0.4, -0.2) is 28.7 Å². The van der Waals surface area contributed by atoms with Gasteiger partial charge in [-0.3, -0.25) is 14.3 Å². The molecule has 3 rings (SSSR count). The average molecular weight is 378 g/mol. The summed E-state index contributed by atoms with van der Waals surface area (Å²) in [6, 6.07) is 5.49. The summed E-state index contributed by atoms with van der Waals surface area (Å²) in [6.45, 7) is 3.91. The van der Waals surface area contributed by atoms with Gasteiger partial charge in [0.2, 0.25) is 0 Å². The molecule has 7 heteroatoms. The third-order valence-electron chi connectivity index (χ3n) is 4.68. The SMILES string of the molecule is Cc1cc(Cl)cc(Cn2ccc(=O)[nH]c2=O)c1OCCC1CCCCN1. The maximum atomic E-state index is 12.0. The number of aromatic nitrogens is 2. The zero-order chi connectivity index (χ0) is 18.5. The van der Waals surface area contributed by atoms with E-state index in [4.69, 9.17) is 16.3 Å². The number of nitrogens with zero attached hydrogens (tertiary/aromatic N) is 1. The maximum absolute atomic E-state index is 12.0. The van der Waals surface area contributed by atoms with E-state index in [0.29, 0.717) is 17.7 Å². The van der Waals surface area contributed by atoms with Gasteiger partial charge in [0.15, 0.2) is 0 Å². The second kappa shape index (κ2) is 8.56. The molecule has 0 amide bonds. The third-order valence-corrected chi connectivity index (χ3v) is 4.90. The van der Waals surface area contributed by atoms with E-state index in [2.05, 4.69) is 10.3 Å². The lowest BCUT2D eigenvalue weighted by atomic mass is 10.0. The van der Waals surface area contributed by atoms with Crippen molar-refractivity contribution in [2.75, 3.05) is 13.2 Å². The molecule has 0 spiro atoms. The van der Waals surface area contributed by atoms with E-state index in [1.807, 2.05) is 13.0 Å². The summed E-state index contributed by atoms with van der Waals surface area (Å²) >= 11 is 6.20. The van der Waals surface area contributed by atoms with Gasteiger partial charge in [0.05, 0.1) is 13.2 Å². The first kappa shape index (κ1) is 18.7. The minimum atomic E-state index is -0.451. The van der Waals surface area contributed by atoms with Gasteiger partial charge in [0.1, 0.15) is 5.75 Å². The van der Waals surface area contributed by atoms with Gasteiger partial charge in [0.25, 0.3) is 5.56 Å². The monoisotopic (exact) mass is 377 g/mol. The van der Waals surface area contributed by atoms with Crippen LogP contribution in [0.1, 0.15) is 36.8 Å². The Morgan fingerprint density at radius 1 is 1.31 bits per heavy atom. The zero-order valence-corrected chi connectivity index (χ0v) is 15.6. The number of piperidine rings is 1. The van der Waals surface area contributed by atoms with Crippen molar-refractivity contribution < 1.29 is 4.74 Å². The van der Waals surface area contributed by atoms with E-state index >= 15 is 0 Å². The molecule has 1 aliphatic heterocycles. The van der Waals surface area contributed by atoms with E-state index in [1.54, 1.807) is 6.07 Å². The summed E-state index contributed by atoms with van der Waals surface area (Å²) in [6.07, 6.45) is 6.11. The number of H-pyrrole nitrogens is 1. The number of hydrogen-bond acceptors (Lipinski definition) is 4. The molecular formula is C19H24ClN3O3. The smallest absolute Gasteiger partial charge is 0.328 e.